The zero-order valence-corrected chi connectivity index (χ0v) is 17.3. The normalized spacial score (nSPS) is 12.5. The van der Waals surface area contributed by atoms with E-state index in [0.717, 1.165) is 35.9 Å². The van der Waals surface area contributed by atoms with E-state index in [1.807, 2.05) is 37.4 Å². The fourth-order valence-corrected chi connectivity index (χ4v) is 3.18. The number of rotatable bonds is 8. The Hall–Kier alpha value is -2.41. The van der Waals surface area contributed by atoms with Crippen LogP contribution in [0.5, 0.6) is 0 Å². The van der Waals surface area contributed by atoms with E-state index in [1.165, 1.54) is 4.88 Å². The van der Waals surface area contributed by atoms with Crippen LogP contribution in [-0.2, 0) is 13.0 Å². The van der Waals surface area contributed by atoms with Crippen molar-refractivity contribution < 1.29 is 4.79 Å². The molecule has 0 spiro atoms. The molecule has 3 N–H and O–H groups in total. The number of nitrogens with zero attached hydrogens (tertiary/aromatic N) is 2. The Bertz CT molecular complexity index is 754. The number of aryl methyl sites for hydroxylation is 1. The van der Waals surface area contributed by atoms with Crippen molar-refractivity contribution in [2.45, 2.75) is 46.2 Å². The van der Waals surface area contributed by atoms with E-state index in [1.54, 1.807) is 18.4 Å². The lowest BCUT2D eigenvalue weighted by atomic mass is 10.1. The smallest absolute Gasteiger partial charge is 0.251 e. The summed E-state index contributed by atoms with van der Waals surface area (Å²) in [7, 11) is 1.76. The van der Waals surface area contributed by atoms with Crippen molar-refractivity contribution in [3.63, 3.8) is 0 Å². The zero-order chi connectivity index (χ0) is 19.6. The maximum Gasteiger partial charge on any atom is 0.251 e. The third-order valence-corrected chi connectivity index (χ3v) is 5.16. The molecule has 27 heavy (non-hydrogen) atoms. The molecule has 1 amide bonds. The first-order valence-electron chi connectivity index (χ1n) is 9.27. The molecule has 146 valence electrons. The van der Waals surface area contributed by atoms with Crippen molar-refractivity contribution in [1.29, 1.82) is 0 Å². The van der Waals surface area contributed by atoms with Crippen LogP contribution in [0.1, 0.15) is 46.1 Å². The third-order valence-electron chi connectivity index (χ3n) is 4.19. The summed E-state index contributed by atoms with van der Waals surface area (Å²) in [6, 6.07) is 7.82. The molecular formula is C20H29N5OS. The molecule has 0 fully saturated rings. The third kappa shape index (κ3) is 7.02. The molecule has 1 aromatic heterocycles. The number of aliphatic imine (C=N–C) groups is 1. The maximum atomic E-state index is 12.1. The number of guanidine groups is 1. The highest BCUT2D eigenvalue weighted by atomic mass is 32.1. The number of thiazole rings is 1. The van der Waals surface area contributed by atoms with Gasteiger partial charge in [0, 0.05) is 49.2 Å². The molecule has 0 aliphatic heterocycles. The average molecular weight is 388 g/mol. The minimum Gasteiger partial charge on any atom is -0.356 e. The molecular weight excluding hydrogens is 358 g/mol. The molecule has 0 saturated carbocycles. The van der Waals surface area contributed by atoms with Crippen LogP contribution < -0.4 is 16.0 Å². The van der Waals surface area contributed by atoms with Crippen LogP contribution in [0.15, 0.2) is 35.5 Å². The summed E-state index contributed by atoms with van der Waals surface area (Å²) in [6.45, 7) is 7.54. The summed E-state index contributed by atoms with van der Waals surface area (Å²) in [5.41, 5.74) is 1.77. The lowest BCUT2D eigenvalue weighted by Gasteiger charge is -2.13. The molecule has 7 heteroatoms. The summed E-state index contributed by atoms with van der Waals surface area (Å²) in [4.78, 5) is 21.9. The van der Waals surface area contributed by atoms with Gasteiger partial charge in [0.2, 0.25) is 0 Å². The van der Waals surface area contributed by atoms with Crippen LogP contribution in [0.3, 0.4) is 0 Å². The number of aromatic nitrogens is 1. The average Bonchev–Trinajstić information content (AvgIpc) is 3.09. The molecule has 2 rings (SSSR count). The second kappa shape index (κ2) is 10.7. The number of carbonyl (C=O) groups excluding carboxylic acids is 1. The van der Waals surface area contributed by atoms with Crippen molar-refractivity contribution in [2.24, 2.45) is 4.99 Å². The van der Waals surface area contributed by atoms with Crippen molar-refractivity contribution in [3.05, 3.63) is 51.5 Å². The number of carbonyl (C=O) groups is 1. The quantitative estimate of drug-likeness (QED) is 0.481. The predicted octanol–water partition coefficient (Wildman–Crippen LogP) is 2.89. The van der Waals surface area contributed by atoms with E-state index in [0.29, 0.717) is 12.1 Å². The monoisotopic (exact) mass is 387 g/mol. The molecule has 0 saturated heterocycles. The fourth-order valence-electron chi connectivity index (χ4n) is 2.39. The van der Waals surface area contributed by atoms with Crippen LogP contribution in [0, 0.1) is 6.92 Å². The number of amides is 1. The minimum atomic E-state index is -0.0289. The van der Waals surface area contributed by atoms with E-state index < -0.39 is 0 Å². The van der Waals surface area contributed by atoms with Crippen molar-refractivity contribution in [2.75, 3.05) is 13.6 Å². The van der Waals surface area contributed by atoms with Crippen LogP contribution in [0.4, 0.5) is 0 Å². The summed E-state index contributed by atoms with van der Waals surface area (Å²) < 4.78 is 0. The zero-order valence-electron chi connectivity index (χ0n) is 16.5. The van der Waals surface area contributed by atoms with Crippen molar-refractivity contribution >= 4 is 23.2 Å². The van der Waals surface area contributed by atoms with E-state index >= 15 is 0 Å². The molecule has 0 aliphatic carbocycles. The van der Waals surface area contributed by atoms with Gasteiger partial charge >= 0.3 is 0 Å². The van der Waals surface area contributed by atoms with Gasteiger partial charge in [-0.15, -0.1) is 11.3 Å². The van der Waals surface area contributed by atoms with E-state index in [2.05, 4.69) is 39.8 Å². The second-order valence-corrected chi connectivity index (χ2v) is 7.77. The minimum absolute atomic E-state index is 0.0289. The number of benzene rings is 1. The van der Waals surface area contributed by atoms with Crippen LogP contribution in [0.25, 0.3) is 0 Å². The molecule has 1 unspecified atom stereocenters. The van der Waals surface area contributed by atoms with Gasteiger partial charge in [0.1, 0.15) is 0 Å². The molecule has 0 bridgehead atoms. The van der Waals surface area contributed by atoms with Crippen molar-refractivity contribution in [1.82, 2.24) is 20.9 Å². The van der Waals surface area contributed by atoms with Crippen LogP contribution >= 0.6 is 11.3 Å². The molecule has 0 aliphatic rings. The highest BCUT2D eigenvalue weighted by molar-refractivity contribution is 7.11. The Morgan fingerprint density at radius 1 is 1.26 bits per heavy atom. The van der Waals surface area contributed by atoms with Gasteiger partial charge in [-0.05, 0) is 38.0 Å². The summed E-state index contributed by atoms with van der Waals surface area (Å²) in [5, 5.41) is 10.7. The van der Waals surface area contributed by atoms with Gasteiger partial charge in [-0.25, -0.2) is 4.98 Å². The van der Waals surface area contributed by atoms with Gasteiger partial charge in [-0.1, -0.05) is 19.1 Å². The summed E-state index contributed by atoms with van der Waals surface area (Å²) in [6.07, 6.45) is 3.70. The number of nitrogens with one attached hydrogen (secondary N) is 3. The van der Waals surface area contributed by atoms with Crippen LogP contribution in [0.2, 0.25) is 0 Å². The Balaban J connectivity index is 1.77. The first kappa shape index (κ1) is 20.9. The summed E-state index contributed by atoms with van der Waals surface area (Å²) >= 11 is 1.72. The van der Waals surface area contributed by atoms with Crippen LogP contribution in [-0.4, -0.2) is 36.5 Å². The molecule has 1 atom stereocenters. The molecule has 2 aromatic rings. The molecule has 6 nitrogen and oxygen atoms in total. The largest absolute Gasteiger partial charge is 0.356 e. The van der Waals surface area contributed by atoms with E-state index in [-0.39, 0.29) is 11.9 Å². The Morgan fingerprint density at radius 3 is 2.59 bits per heavy atom. The topological polar surface area (TPSA) is 78.4 Å². The lowest BCUT2D eigenvalue weighted by molar-refractivity contribution is 0.0939. The fraction of sp³-hybridized carbons (Fsp3) is 0.450. The number of hydrogen-bond acceptors (Lipinski definition) is 4. The Labute approximate surface area is 165 Å². The van der Waals surface area contributed by atoms with E-state index in [9.17, 15) is 4.79 Å². The first-order valence-corrected chi connectivity index (χ1v) is 10.1. The van der Waals surface area contributed by atoms with Gasteiger partial charge in [0.25, 0.3) is 5.91 Å². The second-order valence-electron chi connectivity index (χ2n) is 6.45. The van der Waals surface area contributed by atoms with E-state index in [4.69, 9.17) is 0 Å². The molecule has 1 heterocycles. The van der Waals surface area contributed by atoms with Crippen molar-refractivity contribution in [3.8, 4) is 0 Å². The van der Waals surface area contributed by atoms with Gasteiger partial charge in [-0.3, -0.25) is 9.79 Å². The van der Waals surface area contributed by atoms with Gasteiger partial charge in [-0.2, -0.15) is 0 Å². The number of hydrogen-bond donors (Lipinski definition) is 3. The molecule has 0 radical (unpaired) electrons. The highest BCUT2D eigenvalue weighted by Gasteiger charge is 2.08. The predicted molar refractivity (Wildman–Crippen MR) is 112 cm³/mol. The summed E-state index contributed by atoms with van der Waals surface area (Å²) in [5.74, 6) is 0.723. The maximum absolute atomic E-state index is 12.1. The lowest BCUT2D eigenvalue weighted by Crippen LogP contribution is -2.37. The standard InChI is InChI=1S/C20H29N5OS/c1-5-14(2)25-19(26)17-8-6-16(7-9-17)13-24-20(21-4)22-11-10-18-23-12-15(3)27-18/h6-9,12,14H,5,10-11,13H2,1-4H3,(H,25,26)(H2,21,22,24). The molecule has 1 aromatic carbocycles. The van der Waals surface area contributed by atoms with Gasteiger partial charge < -0.3 is 16.0 Å². The Kier molecular flexibility index (Phi) is 8.26. The van der Waals surface area contributed by atoms with Gasteiger partial charge in [0.15, 0.2) is 5.96 Å². The SMILES string of the molecule is CCC(C)NC(=O)c1ccc(CNC(=NC)NCCc2ncc(C)s2)cc1. The first-order chi connectivity index (χ1) is 13.0. The Morgan fingerprint density at radius 2 is 2.00 bits per heavy atom. The van der Waals surface area contributed by atoms with Gasteiger partial charge in [0.05, 0.1) is 5.01 Å². The highest BCUT2D eigenvalue weighted by Crippen LogP contribution is 2.11.